The van der Waals surface area contributed by atoms with Crippen molar-refractivity contribution in [1.29, 1.82) is 0 Å². The Morgan fingerprint density at radius 2 is 1.82 bits per heavy atom. The smallest absolute Gasteiger partial charge is 0.356 e. The van der Waals surface area contributed by atoms with Crippen molar-refractivity contribution in [3.05, 3.63) is 71.1 Å². The van der Waals surface area contributed by atoms with Gasteiger partial charge in [0, 0.05) is 22.3 Å². The molecule has 1 unspecified atom stereocenters. The fraction of sp³-hybridized carbons (Fsp3) is 0.105. The minimum absolute atomic E-state index is 0.0782. The first-order valence-corrected chi connectivity index (χ1v) is 10.2. The van der Waals surface area contributed by atoms with Gasteiger partial charge < -0.3 is 20.3 Å². The molecule has 1 atom stereocenters. The van der Waals surface area contributed by atoms with Gasteiger partial charge in [-0.15, -0.1) is 0 Å². The molecule has 2 aromatic carbocycles. The van der Waals surface area contributed by atoms with Gasteiger partial charge in [0.1, 0.15) is 11.9 Å². The molecule has 9 heteroatoms. The van der Waals surface area contributed by atoms with Gasteiger partial charge >= 0.3 is 7.60 Å². The number of benzene rings is 2. The summed E-state index contributed by atoms with van der Waals surface area (Å²) in [6, 6.07) is 11.5. The molecule has 0 fully saturated rings. The number of ether oxygens (including phenoxy) is 1. The largest absolute Gasteiger partial charge is 0.482 e. The Morgan fingerprint density at radius 3 is 2.46 bits per heavy atom. The van der Waals surface area contributed by atoms with E-state index in [0.717, 1.165) is 0 Å². The lowest BCUT2D eigenvalue weighted by molar-refractivity contribution is 0.227. The second-order valence-corrected chi connectivity index (χ2v) is 8.14. The van der Waals surface area contributed by atoms with Crippen LogP contribution in [0.4, 0.5) is 10.2 Å². The van der Waals surface area contributed by atoms with Crippen LogP contribution in [0.1, 0.15) is 18.6 Å². The highest BCUT2D eigenvalue weighted by atomic mass is 35.5. The Labute approximate surface area is 165 Å². The van der Waals surface area contributed by atoms with Crippen molar-refractivity contribution >= 4 is 30.3 Å². The quantitative estimate of drug-likeness (QED) is 0.535. The fourth-order valence-corrected chi connectivity index (χ4v) is 3.44. The number of nitrogens with zero attached hydrogens (tertiary/aromatic N) is 1. The third-order valence-corrected chi connectivity index (χ3v) is 5.43. The normalized spacial score (nSPS) is 12.6. The summed E-state index contributed by atoms with van der Waals surface area (Å²) >= 11 is 6.12. The Kier molecular flexibility index (Phi) is 5.72. The van der Waals surface area contributed by atoms with Crippen LogP contribution in [0.2, 0.25) is 5.02 Å². The maximum absolute atomic E-state index is 13.5. The van der Waals surface area contributed by atoms with Crippen LogP contribution in [0.15, 0.2) is 54.7 Å². The average Bonchev–Trinajstić information content (AvgIpc) is 2.65. The third-order valence-electron chi connectivity index (χ3n) is 4.12. The zero-order valence-corrected chi connectivity index (χ0v) is 16.4. The lowest BCUT2D eigenvalue weighted by Crippen LogP contribution is -2.07. The Morgan fingerprint density at radius 1 is 1.14 bits per heavy atom. The van der Waals surface area contributed by atoms with Gasteiger partial charge in [0.15, 0.2) is 11.6 Å². The van der Waals surface area contributed by atoms with E-state index in [1.807, 2.05) is 0 Å². The van der Waals surface area contributed by atoms with Gasteiger partial charge in [0.2, 0.25) is 0 Å². The molecule has 4 N–H and O–H groups in total. The summed E-state index contributed by atoms with van der Waals surface area (Å²) in [7, 11) is -4.31. The molecule has 0 saturated carbocycles. The minimum atomic E-state index is -4.31. The minimum Gasteiger partial charge on any atom is -0.482 e. The Bertz CT molecular complexity index is 1060. The van der Waals surface area contributed by atoms with Crippen molar-refractivity contribution < 1.29 is 23.5 Å². The lowest BCUT2D eigenvalue weighted by atomic mass is 10.1. The molecule has 6 nitrogen and oxygen atoms in total. The summed E-state index contributed by atoms with van der Waals surface area (Å²) in [6.07, 6.45) is 0.939. The van der Waals surface area contributed by atoms with Crippen LogP contribution in [0.25, 0.3) is 11.1 Å². The van der Waals surface area contributed by atoms with E-state index < -0.39 is 19.5 Å². The van der Waals surface area contributed by atoms with Gasteiger partial charge in [-0.3, -0.25) is 4.57 Å². The van der Waals surface area contributed by atoms with E-state index in [9.17, 15) is 18.7 Å². The molecule has 0 saturated heterocycles. The first-order valence-electron chi connectivity index (χ1n) is 8.19. The molecule has 0 aliphatic carbocycles. The molecule has 146 valence electrons. The molecule has 0 amide bonds. The number of nitrogens with two attached hydrogens (primary N) is 1. The Hall–Kier alpha value is -2.44. The van der Waals surface area contributed by atoms with Crippen LogP contribution in [-0.4, -0.2) is 14.8 Å². The van der Waals surface area contributed by atoms with E-state index in [1.165, 1.54) is 36.5 Å². The van der Waals surface area contributed by atoms with Crippen molar-refractivity contribution in [1.82, 2.24) is 4.98 Å². The number of hydrogen-bond donors (Lipinski definition) is 3. The summed E-state index contributed by atoms with van der Waals surface area (Å²) in [5, 5.41) is 0.287. The molecule has 3 aromatic rings. The SMILES string of the molecule is CC(Oc1cc(-c2ccc(P(=O)(O)O)cc2)cnc1N)c1cc(F)ccc1Cl. The van der Waals surface area contributed by atoms with Gasteiger partial charge in [-0.1, -0.05) is 23.7 Å². The zero-order chi connectivity index (χ0) is 20.5. The van der Waals surface area contributed by atoms with E-state index in [-0.39, 0.29) is 16.9 Å². The zero-order valence-electron chi connectivity index (χ0n) is 14.7. The molecule has 3 rings (SSSR count). The highest BCUT2D eigenvalue weighted by Gasteiger charge is 2.18. The van der Waals surface area contributed by atoms with E-state index in [2.05, 4.69) is 4.98 Å². The monoisotopic (exact) mass is 422 g/mol. The topological polar surface area (TPSA) is 106 Å². The molecular weight excluding hydrogens is 406 g/mol. The summed E-state index contributed by atoms with van der Waals surface area (Å²) in [5.41, 5.74) is 7.68. The molecule has 1 heterocycles. The second kappa shape index (κ2) is 7.89. The van der Waals surface area contributed by atoms with Crippen LogP contribution < -0.4 is 15.8 Å². The predicted molar refractivity (Wildman–Crippen MR) is 106 cm³/mol. The maximum atomic E-state index is 13.5. The predicted octanol–water partition coefficient (Wildman–Crippen LogP) is 4.07. The van der Waals surface area contributed by atoms with Crippen molar-refractivity contribution in [2.75, 3.05) is 5.73 Å². The first kappa shape index (κ1) is 20.3. The maximum Gasteiger partial charge on any atom is 0.356 e. The van der Waals surface area contributed by atoms with E-state index in [0.29, 0.717) is 21.7 Å². The standard InChI is InChI=1S/C19H17ClFN2O4P/c1-11(16-9-14(21)4-7-17(16)20)27-18-8-13(10-23-19(18)22)12-2-5-15(6-3-12)28(24,25)26/h2-11H,1H3,(H2,22,23)(H2,24,25,26). The van der Waals surface area contributed by atoms with Crippen molar-refractivity contribution in [2.24, 2.45) is 0 Å². The van der Waals surface area contributed by atoms with Crippen molar-refractivity contribution in [2.45, 2.75) is 13.0 Å². The van der Waals surface area contributed by atoms with Gasteiger partial charge in [0.05, 0.1) is 5.30 Å². The van der Waals surface area contributed by atoms with E-state index in [1.54, 1.807) is 25.1 Å². The molecule has 0 bridgehead atoms. The molecule has 0 radical (unpaired) electrons. The number of anilines is 1. The average molecular weight is 423 g/mol. The molecule has 0 spiro atoms. The van der Waals surface area contributed by atoms with Gasteiger partial charge in [-0.25, -0.2) is 9.37 Å². The molecule has 1 aromatic heterocycles. The molecule has 0 aliphatic rings. The summed E-state index contributed by atoms with van der Waals surface area (Å²) in [5.74, 6) is -0.000742. The number of pyridine rings is 1. The highest BCUT2D eigenvalue weighted by Crippen LogP contribution is 2.35. The van der Waals surface area contributed by atoms with Gasteiger partial charge in [-0.05, 0) is 48.9 Å². The van der Waals surface area contributed by atoms with Crippen LogP contribution in [0.5, 0.6) is 5.75 Å². The number of rotatable bonds is 5. The molecule has 28 heavy (non-hydrogen) atoms. The molecular formula is C19H17ClFN2O4P. The summed E-state index contributed by atoms with van der Waals surface area (Å²) in [4.78, 5) is 22.5. The number of nitrogen functional groups attached to an aromatic ring is 1. The fourth-order valence-electron chi connectivity index (χ4n) is 2.64. The van der Waals surface area contributed by atoms with Crippen LogP contribution in [0.3, 0.4) is 0 Å². The van der Waals surface area contributed by atoms with Crippen LogP contribution >= 0.6 is 19.2 Å². The lowest BCUT2D eigenvalue weighted by Gasteiger charge is -2.18. The van der Waals surface area contributed by atoms with Crippen molar-refractivity contribution in [3.8, 4) is 16.9 Å². The summed E-state index contributed by atoms with van der Waals surface area (Å²) in [6.45, 7) is 1.71. The van der Waals surface area contributed by atoms with Crippen molar-refractivity contribution in [3.63, 3.8) is 0 Å². The van der Waals surface area contributed by atoms with E-state index >= 15 is 0 Å². The Balaban J connectivity index is 1.89. The second-order valence-electron chi connectivity index (χ2n) is 6.12. The first-order chi connectivity index (χ1) is 13.1. The van der Waals surface area contributed by atoms with Crippen LogP contribution in [0, 0.1) is 5.82 Å². The van der Waals surface area contributed by atoms with Gasteiger partial charge in [-0.2, -0.15) is 0 Å². The molecule has 0 aliphatic heterocycles. The third kappa shape index (κ3) is 4.51. The number of aromatic nitrogens is 1. The number of halogens is 2. The summed E-state index contributed by atoms with van der Waals surface area (Å²) < 4.78 is 30.7. The number of hydrogen-bond acceptors (Lipinski definition) is 4. The van der Waals surface area contributed by atoms with Gasteiger partial charge in [0.25, 0.3) is 0 Å². The van der Waals surface area contributed by atoms with E-state index in [4.69, 9.17) is 22.1 Å². The highest BCUT2D eigenvalue weighted by molar-refractivity contribution is 7.60. The van der Waals surface area contributed by atoms with Crippen LogP contribution in [-0.2, 0) is 4.57 Å².